The van der Waals surface area contributed by atoms with Crippen LogP contribution in [0, 0.1) is 6.92 Å². The molecule has 4 heteroatoms. The standard InChI is InChI=1S/C16H16BrNO2/c1-4-14-16(7-5-10(2)18-14)20-15-8-6-12(11(3)19)9-13(15)17/h5-9H,4H2,1-3H3. The Hall–Kier alpha value is -1.68. The summed E-state index contributed by atoms with van der Waals surface area (Å²) in [6.07, 6.45) is 0.806. The fraction of sp³-hybridized carbons (Fsp3) is 0.250. The fourth-order valence-electron chi connectivity index (χ4n) is 1.87. The molecular formula is C16H16BrNO2. The molecule has 0 aliphatic heterocycles. The number of nitrogens with zero attached hydrogens (tertiary/aromatic N) is 1. The summed E-state index contributed by atoms with van der Waals surface area (Å²) < 4.78 is 6.66. The molecule has 3 nitrogen and oxygen atoms in total. The Bertz CT molecular complexity index is 653. The van der Waals surface area contributed by atoms with Crippen molar-refractivity contribution in [3.63, 3.8) is 0 Å². The van der Waals surface area contributed by atoms with Gasteiger partial charge < -0.3 is 4.74 Å². The van der Waals surface area contributed by atoms with Gasteiger partial charge in [-0.1, -0.05) is 6.92 Å². The van der Waals surface area contributed by atoms with E-state index < -0.39 is 0 Å². The molecule has 1 aromatic carbocycles. The van der Waals surface area contributed by atoms with Crippen molar-refractivity contribution in [2.24, 2.45) is 0 Å². The van der Waals surface area contributed by atoms with Crippen LogP contribution in [0.5, 0.6) is 11.5 Å². The highest BCUT2D eigenvalue weighted by atomic mass is 79.9. The van der Waals surface area contributed by atoms with Crippen LogP contribution in [0.2, 0.25) is 0 Å². The lowest BCUT2D eigenvalue weighted by Gasteiger charge is -2.12. The Kier molecular flexibility index (Phi) is 4.55. The molecule has 0 N–H and O–H groups in total. The average molecular weight is 334 g/mol. The quantitative estimate of drug-likeness (QED) is 0.760. The van der Waals surface area contributed by atoms with Crippen LogP contribution in [0.15, 0.2) is 34.8 Å². The van der Waals surface area contributed by atoms with Gasteiger partial charge in [0, 0.05) is 11.3 Å². The molecule has 0 saturated heterocycles. The normalized spacial score (nSPS) is 10.4. The first-order valence-corrected chi connectivity index (χ1v) is 7.25. The van der Waals surface area contributed by atoms with Crippen molar-refractivity contribution < 1.29 is 9.53 Å². The van der Waals surface area contributed by atoms with Gasteiger partial charge in [0.15, 0.2) is 5.78 Å². The molecule has 0 amide bonds. The molecule has 0 unspecified atom stereocenters. The van der Waals surface area contributed by atoms with Crippen LogP contribution in [-0.4, -0.2) is 10.8 Å². The van der Waals surface area contributed by atoms with E-state index in [4.69, 9.17) is 4.74 Å². The number of ketones is 1. The molecule has 0 aliphatic rings. The number of aromatic nitrogens is 1. The summed E-state index contributed by atoms with van der Waals surface area (Å²) in [5, 5.41) is 0. The molecule has 0 saturated carbocycles. The summed E-state index contributed by atoms with van der Waals surface area (Å²) in [5.41, 5.74) is 2.55. The van der Waals surface area contributed by atoms with Crippen molar-refractivity contribution in [3.8, 4) is 11.5 Å². The number of carbonyl (C=O) groups is 1. The van der Waals surface area contributed by atoms with Crippen LogP contribution in [0.4, 0.5) is 0 Å². The zero-order valence-electron chi connectivity index (χ0n) is 11.7. The number of carbonyl (C=O) groups excluding carboxylic acids is 1. The largest absolute Gasteiger partial charge is 0.454 e. The number of rotatable bonds is 4. The Morgan fingerprint density at radius 3 is 2.55 bits per heavy atom. The first-order chi connectivity index (χ1) is 9.51. The molecule has 2 rings (SSSR count). The molecule has 1 aromatic heterocycles. The van der Waals surface area contributed by atoms with Crippen molar-refractivity contribution in [1.82, 2.24) is 4.98 Å². The summed E-state index contributed by atoms with van der Waals surface area (Å²) in [4.78, 5) is 15.8. The Balaban J connectivity index is 2.33. The molecule has 1 heterocycles. The van der Waals surface area contributed by atoms with Crippen molar-refractivity contribution in [3.05, 3.63) is 51.8 Å². The van der Waals surface area contributed by atoms with Crippen LogP contribution in [-0.2, 0) is 6.42 Å². The second kappa shape index (κ2) is 6.18. The maximum absolute atomic E-state index is 11.3. The monoisotopic (exact) mass is 333 g/mol. The Labute approximate surface area is 127 Å². The highest BCUT2D eigenvalue weighted by molar-refractivity contribution is 9.10. The SMILES string of the molecule is CCc1nc(C)ccc1Oc1ccc(C(C)=O)cc1Br. The second-order valence-electron chi connectivity index (χ2n) is 4.55. The van der Waals surface area contributed by atoms with Gasteiger partial charge in [-0.3, -0.25) is 9.78 Å². The van der Waals surface area contributed by atoms with Crippen molar-refractivity contribution in [2.45, 2.75) is 27.2 Å². The highest BCUT2D eigenvalue weighted by Crippen LogP contribution is 2.32. The third-order valence-electron chi connectivity index (χ3n) is 2.96. The van der Waals surface area contributed by atoms with Crippen LogP contribution in [0.25, 0.3) is 0 Å². The summed E-state index contributed by atoms with van der Waals surface area (Å²) in [6, 6.07) is 9.17. The van der Waals surface area contributed by atoms with E-state index in [1.807, 2.05) is 26.0 Å². The van der Waals surface area contributed by atoms with Gasteiger partial charge >= 0.3 is 0 Å². The number of pyridine rings is 1. The number of aryl methyl sites for hydroxylation is 2. The first kappa shape index (κ1) is 14.7. The molecule has 2 aromatic rings. The molecule has 0 atom stereocenters. The van der Waals surface area contributed by atoms with E-state index in [0.717, 1.165) is 28.0 Å². The smallest absolute Gasteiger partial charge is 0.159 e. The van der Waals surface area contributed by atoms with Gasteiger partial charge in [-0.15, -0.1) is 0 Å². The van der Waals surface area contributed by atoms with Crippen molar-refractivity contribution >= 4 is 21.7 Å². The highest BCUT2D eigenvalue weighted by Gasteiger charge is 2.10. The van der Waals surface area contributed by atoms with Gasteiger partial charge in [-0.25, -0.2) is 0 Å². The van der Waals surface area contributed by atoms with E-state index in [1.54, 1.807) is 25.1 Å². The number of benzene rings is 1. The lowest BCUT2D eigenvalue weighted by atomic mass is 10.1. The summed E-state index contributed by atoms with van der Waals surface area (Å²) >= 11 is 3.44. The summed E-state index contributed by atoms with van der Waals surface area (Å²) in [6.45, 7) is 5.55. The summed E-state index contributed by atoms with van der Waals surface area (Å²) in [7, 11) is 0. The van der Waals surface area contributed by atoms with Crippen LogP contribution in [0.3, 0.4) is 0 Å². The van der Waals surface area contributed by atoms with Crippen LogP contribution >= 0.6 is 15.9 Å². The maximum Gasteiger partial charge on any atom is 0.159 e. The van der Waals surface area contributed by atoms with Crippen molar-refractivity contribution in [1.29, 1.82) is 0 Å². The first-order valence-electron chi connectivity index (χ1n) is 6.46. The summed E-state index contributed by atoms with van der Waals surface area (Å²) in [5.74, 6) is 1.45. The van der Waals surface area contributed by atoms with E-state index in [0.29, 0.717) is 11.3 Å². The third kappa shape index (κ3) is 3.25. The zero-order valence-corrected chi connectivity index (χ0v) is 13.3. The van der Waals surface area contributed by atoms with Crippen molar-refractivity contribution in [2.75, 3.05) is 0 Å². The number of hydrogen-bond acceptors (Lipinski definition) is 3. The molecule has 20 heavy (non-hydrogen) atoms. The molecule has 0 bridgehead atoms. The van der Waals surface area contributed by atoms with Gasteiger partial charge in [-0.2, -0.15) is 0 Å². The minimum Gasteiger partial charge on any atom is -0.454 e. The molecule has 0 fully saturated rings. The fourth-order valence-corrected chi connectivity index (χ4v) is 2.32. The van der Waals surface area contributed by atoms with E-state index in [2.05, 4.69) is 20.9 Å². The minimum absolute atomic E-state index is 0.0310. The second-order valence-corrected chi connectivity index (χ2v) is 5.41. The lowest BCUT2D eigenvalue weighted by molar-refractivity contribution is 0.101. The number of Topliss-reactive ketones (excluding diaryl/α,β-unsaturated/α-hetero) is 1. The molecule has 0 radical (unpaired) electrons. The van der Waals surface area contributed by atoms with Crippen LogP contribution in [0.1, 0.15) is 35.6 Å². The van der Waals surface area contributed by atoms with Gasteiger partial charge in [0.1, 0.15) is 11.5 Å². The topological polar surface area (TPSA) is 39.2 Å². The van der Waals surface area contributed by atoms with E-state index >= 15 is 0 Å². The predicted octanol–water partition coefficient (Wildman–Crippen LogP) is 4.71. The number of hydrogen-bond donors (Lipinski definition) is 0. The Morgan fingerprint density at radius 2 is 1.95 bits per heavy atom. The van der Waals surface area contributed by atoms with Gasteiger partial charge in [0.05, 0.1) is 10.2 Å². The molecule has 0 spiro atoms. The molecule has 0 aliphatic carbocycles. The lowest BCUT2D eigenvalue weighted by Crippen LogP contribution is -1.97. The van der Waals surface area contributed by atoms with E-state index in [-0.39, 0.29) is 5.78 Å². The Morgan fingerprint density at radius 1 is 1.25 bits per heavy atom. The van der Waals surface area contributed by atoms with Gasteiger partial charge in [-0.05, 0) is 66.5 Å². The van der Waals surface area contributed by atoms with E-state index in [1.165, 1.54) is 0 Å². The zero-order chi connectivity index (χ0) is 14.7. The van der Waals surface area contributed by atoms with E-state index in [9.17, 15) is 4.79 Å². The molecule has 104 valence electrons. The average Bonchev–Trinajstić information content (AvgIpc) is 2.42. The minimum atomic E-state index is 0.0310. The third-order valence-corrected chi connectivity index (χ3v) is 3.58. The van der Waals surface area contributed by atoms with Crippen LogP contribution < -0.4 is 4.74 Å². The van der Waals surface area contributed by atoms with Gasteiger partial charge in [0.2, 0.25) is 0 Å². The predicted molar refractivity (Wildman–Crippen MR) is 82.6 cm³/mol. The number of halogens is 1. The maximum atomic E-state index is 11.3. The number of ether oxygens (including phenoxy) is 1. The molecular weight excluding hydrogens is 318 g/mol. The van der Waals surface area contributed by atoms with Gasteiger partial charge in [0.25, 0.3) is 0 Å².